The normalized spacial score (nSPS) is 11.3. The number of nitrogens with one attached hydrogen (secondary N) is 1. The van der Waals surface area contributed by atoms with Crippen LogP contribution in [0.2, 0.25) is 0 Å². The quantitative estimate of drug-likeness (QED) is 0.786. The summed E-state index contributed by atoms with van der Waals surface area (Å²) in [4.78, 5) is 12.0. The molecule has 0 radical (unpaired) electrons. The number of carbonyl (C=O) groups is 1. The molecule has 0 bridgehead atoms. The lowest BCUT2D eigenvalue weighted by Crippen LogP contribution is -2.28. The lowest BCUT2D eigenvalue weighted by Gasteiger charge is -2.07. The molecule has 0 spiro atoms. The summed E-state index contributed by atoms with van der Waals surface area (Å²) in [6.45, 7) is 2.01. The van der Waals surface area contributed by atoms with Gasteiger partial charge in [-0.05, 0) is 19.1 Å². The Morgan fingerprint density at radius 3 is 2.84 bits per heavy atom. The molecular weight excluding hydrogens is 262 g/mol. The minimum Gasteiger partial charge on any atom is -0.384 e. The summed E-state index contributed by atoms with van der Waals surface area (Å²) in [5.74, 6) is 5.47. The molecule has 5 heteroatoms. The maximum absolute atomic E-state index is 12.0. The first-order chi connectivity index (χ1) is 9.04. The standard InChI is InChI=1S/C14H17NO3S/c1-11-5-6-12(4-3-8-16)13(10-11)14(17)15-7-9-19(2)18/h5-6,10,16H,7-9H2,1-2H3,(H,15,17). The fourth-order valence-corrected chi connectivity index (χ4v) is 1.88. The number of amides is 1. The summed E-state index contributed by atoms with van der Waals surface area (Å²) >= 11 is 0. The van der Waals surface area contributed by atoms with Gasteiger partial charge in [0.2, 0.25) is 0 Å². The van der Waals surface area contributed by atoms with E-state index in [1.165, 1.54) is 0 Å². The SMILES string of the molecule is Cc1ccc(C#CCO)c(C(=O)NCCS(C)=O)c1. The molecule has 2 N–H and O–H groups in total. The van der Waals surface area contributed by atoms with E-state index in [1.807, 2.05) is 13.0 Å². The van der Waals surface area contributed by atoms with Gasteiger partial charge < -0.3 is 10.4 Å². The predicted octanol–water partition coefficient (Wildman–Crippen LogP) is 0.447. The lowest BCUT2D eigenvalue weighted by molar-refractivity contribution is 0.0956. The maximum Gasteiger partial charge on any atom is 0.252 e. The highest BCUT2D eigenvalue weighted by Crippen LogP contribution is 2.10. The van der Waals surface area contributed by atoms with Crippen molar-refractivity contribution in [1.82, 2.24) is 5.32 Å². The van der Waals surface area contributed by atoms with Crippen molar-refractivity contribution in [2.24, 2.45) is 0 Å². The van der Waals surface area contributed by atoms with Gasteiger partial charge in [0.25, 0.3) is 5.91 Å². The van der Waals surface area contributed by atoms with Gasteiger partial charge in [0.05, 0.1) is 5.56 Å². The topological polar surface area (TPSA) is 66.4 Å². The van der Waals surface area contributed by atoms with E-state index in [0.717, 1.165) is 5.56 Å². The molecule has 0 fully saturated rings. The zero-order valence-corrected chi connectivity index (χ0v) is 11.8. The zero-order valence-electron chi connectivity index (χ0n) is 11.0. The number of hydrogen-bond donors (Lipinski definition) is 2. The van der Waals surface area contributed by atoms with Crippen LogP contribution in [0.25, 0.3) is 0 Å². The summed E-state index contributed by atoms with van der Waals surface area (Å²) in [6.07, 6.45) is 1.59. The number of carbonyl (C=O) groups excluding carboxylic acids is 1. The van der Waals surface area contributed by atoms with Crippen molar-refractivity contribution in [3.8, 4) is 11.8 Å². The molecule has 0 heterocycles. The van der Waals surface area contributed by atoms with Gasteiger partial charge in [-0.2, -0.15) is 0 Å². The van der Waals surface area contributed by atoms with Crippen LogP contribution in [-0.4, -0.2) is 40.4 Å². The van der Waals surface area contributed by atoms with Gasteiger partial charge in [-0.1, -0.05) is 23.5 Å². The Balaban J connectivity index is 2.87. The second kappa shape index (κ2) is 7.72. The molecule has 1 amide bonds. The number of hydrogen-bond acceptors (Lipinski definition) is 3. The van der Waals surface area contributed by atoms with Crippen molar-refractivity contribution in [3.63, 3.8) is 0 Å². The van der Waals surface area contributed by atoms with Crippen molar-refractivity contribution in [1.29, 1.82) is 0 Å². The maximum atomic E-state index is 12.0. The van der Waals surface area contributed by atoms with Crippen LogP contribution < -0.4 is 5.32 Å². The molecule has 4 nitrogen and oxygen atoms in total. The predicted molar refractivity (Wildman–Crippen MR) is 76.4 cm³/mol. The third-order valence-corrected chi connectivity index (χ3v) is 3.18. The summed E-state index contributed by atoms with van der Waals surface area (Å²) in [6, 6.07) is 5.36. The molecule has 0 aromatic heterocycles. The van der Waals surface area contributed by atoms with Crippen LogP contribution >= 0.6 is 0 Å². The summed E-state index contributed by atoms with van der Waals surface area (Å²) in [5.41, 5.74) is 2.01. The number of rotatable bonds is 4. The molecule has 0 aliphatic carbocycles. The number of aliphatic hydroxyl groups is 1. The molecule has 0 saturated carbocycles. The molecule has 1 rings (SSSR count). The van der Waals surface area contributed by atoms with Crippen LogP contribution in [0.4, 0.5) is 0 Å². The van der Waals surface area contributed by atoms with Gasteiger partial charge in [0.1, 0.15) is 6.61 Å². The highest BCUT2D eigenvalue weighted by Gasteiger charge is 2.10. The first-order valence-electron chi connectivity index (χ1n) is 5.83. The molecule has 1 aromatic carbocycles. The molecule has 1 atom stereocenters. The molecule has 0 saturated heterocycles. The van der Waals surface area contributed by atoms with Crippen molar-refractivity contribution in [3.05, 3.63) is 34.9 Å². The molecule has 102 valence electrons. The van der Waals surface area contributed by atoms with Gasteiger partial charge >= 0.3 is 0 Å². The molecular formula is C14H17NO3S. The van der Waals surface area contributed by atoms with Crippen LogP contribution in [0.3, 0.4) is 0 Å². The smallest absolute Gasteiger partial charge is 0.252 e. The minimum atomic E-state index is -0.929. The van der Waals surface area contributed by atoms with Gasteiger partial charge in [-0.3, -0.25) is 9.00 Å². The lowest BCUT2D eigenvalue weighted by atomic mass is 10.0. The number of aliphatic hydroxyl groups excluding tert-OH is 1. The van der Waals surface area contributed by atoms with Crippen molar-refractivity contribution < 1.29 is 14.1 Å². The van der Waals surface area contributed by atoms with Gasteiger partial charge in [-0.15, -0.1) is 0 Å². The molecule has 1 unspecified atom stereocenters. The Morgan fingerprint density at radius 2 is 2.21 bits per heavy atom. The average molecular weight is 279 g/mol. The largest absolute Gasteiger partial charge is 0.384 e. The first-order valence-corrected chi connectivity index (χ1v) is 7.56. The third-order valence-electron chi connectivity index (χ3n) is 2.40. The average Bonchev–Trinajstić information content (AvgIpc) is 2.36. The van der Waals surface area contributed by atoms with E-state index in [1.54, 1.807) is 18.4 Å². The van der Waals surface area contributed by atoms with Crippen molar-refractivity contribution in [2.75, 3.05) is 25.2 Å². The third kappa shape index (κ3) is 5.25. The van der Waals surface area contributed by atoms with Gasteiger partial charge in [0.15, 0.2) is 0 Å². The Hall–Kier alpha value is -1.64. The Labute approximate surface area is 115 Å². The minimum absolute atomic E-state index is 0.239. The summed E-state index contributed by atoms with van der Waals surface area (Å²) in [7, 11) is -0.929. The second-order valence-corrected chi connectivity index (χ2v) is 5.60. The van der Waals surface area contributed by atoms with Crippen LogP contribution in [-0.2, 0) is 10.8 Å². The first kappa shape index (κ1) is 15.4. The monoisotopic (exact) mass is 279 g/mol. The summed E-state index contributed by atoms with van der Waals surface area (Å²) in [5, 5.41) is 11.4. The van der Waals surface area contributed by atoms with E-state index in [2.05, 4.69) is 17.2 Å². The summed E-state index contributed by atoms with van der Waals surface area (Å²) < 4.78 is 10.9. The number of aryl methyl sites for hydroxylation is 1. The highest BCUT2D eigenvalue weighted by molar-refractivity contribution is 7.84. The van der Waals surface area contributed by atoms with E-state index in [4.69, 9.17) is 5.11 Å². The van der Waals surface area contributed by atoms with Gasteiger partial charge in [-0.25, -0.2) is 0 Å². The Kier molecular flexibility index (Phi) is 6.26. The zero-order chi connectivity index (χ0) is 14.3. The van der Waals surface area contributed by atoms with Crippen LogP contribution in [0.5, 0.6) is 0 Å². The van der Waals surface area contributed by atoms with Gasteiger partial charge in [0, 0.05) is 34.9 Å². The van der Waals surface area contributed by atoms with Crippen LogP contribution in [0.1, 0.15) is 21.5 Å². The fourth-order valence-electron chi connectivity index (χ4n) is 1.49. The molecule has 19 heavy (non-hydrogen) atoms. The van der Waals surface area contributed by atoms with E-state index < -0.39 is 10.8 Å². The molecule has 1 aromatic rings. The van der Waals surface area contributed by atoms with E-state index in [9.17, 15) is 9.00 Å². The van der Waals surface area contributed by atoms with E-state index in [0.29, 0.717) is 23.4 Å². The fraction of sp³-hybridized carbons (Fsp3) is 0.357. The molecule has 0 aliphatic heterocycles. The Bertz CT molecular complexity index is 543. The highest BCUT2D eigenvalue weighted by atomic mass is 32.2. The number of benzene rings is 1. The second-order valence-electron chi connectivity index (χ2n) is 4.04. The van der Waals surface area contributed by atoms with E-state index >= 15 is 0 Å². The van der Waals surface area contributed by atoms with Crippen molar-refractivity contribution >= 4 is 16.7 Å². The van der Waals surface area contributed by atoms with Crippen LogP contribution in [0, 0.1) is 18.8 Å². The van der Waals surface area contributed by atoms with Crippen molar-refractivity contribution in [2.45, 2.75) is 6.92 Å². The van der Waals surface area contributed by atoms with Crippen LogP contribution in [0.15, 0.2) is 18.2 Å². The molecule has 0 aliphatic rings. The van der Waals surface area contributed by atoms with E-state index in [-0.39, 0.29) is 12.5 Å². The Morgan fingerprint density at radius 1 is 1.47 bits per heavy atom.